The molecule has 2 aromatic carbocycles. The monoisotopic (exact) mass is 503 g/mol. The van der Waals surface area contributed by atoms with Gasteiger partial charge < -0.3 is 14.2 Å². The number of benzene rings is 2. The Hall–Kier alpha value is -2.97. The van der Waals surface area contributed by atoms with E-state index in [9.17, 15) is 14.4 Å². The molecule has 2 aromatic rings. The van der Waals surface area contributed by atoms with Crippen molar-refractivity contribution in [1.82, 2.24) is 4.90 Å². The highest BCUT2D eigenvalue weighted by molar-refractivity contribution is 8.18. The molecule has 1 saturated heterocycles. The third-order valence-corrected chi connectivity index (χ3v) is 5.76. The Morgan fingerprint density at radius 3 is 2.50 bits per heavy atom. The van der Waals surface area contributed by atoms with Crippen molar-refractivity contribution in [2.24, 2.45) is 0 Å². The van der Waals surface area contributed by atoms with E-state index in [4.69, 9.17) is 25.8 Å². The fraction of sp³-hybridized carbons (Fsp3) is 0.320. The molecule has 1 fully saturated rings. The molecule has 0 aromatic heterocycles. The lowest BCUT2D eigenvalue weighted by Gasteiger charge is -2.21. The molecule has 9 heteroatoms. The molecule has 0 radical (unpaired) electrons. The maximum absolute atomic E-state index is 12.7. The van der Waals surface area contributed by atoms with Crippen molar-refractivity contribution in [2.75, 3.05) is 13.2 Å². The number of carbonyl (C=O) groups is 3. The molecule has 1 aliphatic heterocycles. The zero-order valence-electron chi connectivity index (χ0n) is 19.4. The van der Waals surface area contributed by atoms with Crippen LogP contribution in [0.1, 0.15) is 38.8 Å². The summed E-state index contributed by atoms with van der Waals surface area (Å²) in [6.07, 6.45) is 1.58. The van der Waals surface area contributed by atoms with Gasteiger partial charge in [0.2, 0.25) is 0 Å². The van der Waals surface area contributed by atoms with E-state index in [2.05, 4.69) is 0 Å². The van der Waals surface area contributed by atoms with Crippen LogP contribution in [0.3, 0.4) is 0 Å². The first kappa shape index (κ1) is 25.6. The smallest absolute Gasteiger partial charge is 0.326 e. The van der Waals surface area contributed by atoms with Crippen LogP contribution in [0.15, 0.2) is 47.4 Å². The minimum absolute atomic E-state index is 0.209. The molecule has 2 amide bonds. The van der Waals surface area contributed by atoms with Crippen molar-refractivity contribution >= 4 is 46.6 Å². The maximum Gasteiger partial charge on any atom is 0.326 e. The van der Waals surface area contributed by atoms with Gasteiger partial charge in [0.15, 0.2) is 11.5 Å². The number of nitrogens with zero attached hydrogens (tertiary/aromatic N) is 1. The number of rotatable bonds is 8. The van der Waals surface area contributed by atoms with Crippen molar-refractivity contribution in [3.8, 4) is 11.5 Å². The van der Waals surface area contributed by atoms with Crippen LogP contribution in [0.5, 0.6) is 11.5 Å². The Bertz CT molecular complexity index is 1120. The van der Waals surface area contributed by atoms with Gasteiger partial charge >= 0.3 is 5.97 Å². The molecule has 0 unspecified atom stereocenters. The molecule has 0 atom stereocenters. The highest BCUT2D eigenvalue weighted by atomic mass is 35.5. The van der Waals surface area contributed by atoms with Gasteiger partial charge in [-0.1, -0.05) is 35.9 Å². The molecule has 1 aliphatic rings. The summed E-state index contributed by atoms with van der Waals surface area (Å²) in [5.74, 6) is -0.166. The van der Waals surface area contributed by atoms with Gasteiger partial charge in [0.25, 0.3) is 11.1 Å². The Morgan fingerprint density at radius 1 is 1.09 bits per heavy atom. The van der Waals surface area contributed by atoms with Gasteiger partial charge in [-0.15, -0.1) is 0 Å². The highest BCUT2D eigenvalue weighted by Crippen LogP contribution is 2.35. The average molecular weight is 504 g/mol. The normalized spacial score (nSPS) is 15.1. The second-order valence-corrected chi connectivity index (χ2v) is 9.77. The van der Waals surface area contributed by atoms with Crippen molar-refractivity contribution < 1.29 is 28.6 Å². The topological polar surface area (TPSA) is 82.1 Å². The third kappa shape index (κ3) is 6.77. The summed E-state index contributed by atoms with van der Waals surface area (Å²) in [4.78, 5) is 38.2. The lowest BCUT2D eigenvalue weighted by Crippen LogP contribution is -2.37. The highest BCUT2D eigenvalue weighted by Gasteiger charge is 2.37. The van der Waals surface area contributed by atoms with E-state index in [1.807, 2.05) is 25.1 Å². The van der Waals surface area contributed by atoms with E-state index in [-0.39, 0.29) is 11.5 Å². The molecule has 34 heavy (non-hydrogen) atoms. The molecule has 3 rings (SSSR count). The molecule has 180 valence electrons. The first-order valence-electron chi connectivity index (χ1n) is 10.7. The van der Waals surface area contributed by atoms with E-state index >= 15 is 0 Å². The number of amides is 2. The molecule has 1 heterocycles. The zero-order chi connectivity index (χ0) is 24.9. The second-order valence-electron chi connectivity index (χ2n) is 8.37. The second kappa shape index (κ2) is 11.0. The summed E-state index contributed by atoms with van der Waals surface area (Å²) < 4.78 is 16.8. The molecule has 0 spiro atoms. The Labute approximate surface area is 208 Å². The molecule has 0 aliphatic carbocycles. The molecule has 0 N–H and O–H groups in total. The predicted octanol–water partition coefficient (Wildman–Crippen LogP) is 5.70. The summed E-state index contributed by atoms with van der Waals surface area (Å²) in [6.45, 7) is 7.26. The van der Waals surface area contributed by atoms with E-state index in [0.717, 1.165) is 22.2 Å². The van der Waals surface area contributed by atoms with Crippen LogP contribution in [0, 0.1) is 0 Å². The molecule has 0 bridgehead atoms. The van der Waals surface area contributed by atoms with Gasteiger partial charge in [0.05, 0.1) is 11.5 Å². The number of ether oxygens (including phenoxy) is 3. The number of thioether (sulfide) groups is 1. The summed E-state index contributed by atoms with van der Waals surface area (Å²) in [7, 11) is 0. The van der Waals surface area contributed by atoms with Crippen LogP contribution < -0.4 is 9.47 Å². The van der Waals surface area contributed by atoms with Crippen LogP contribution in [-0.4, -0.2) is 40.8 Å². The van der Waals surface area contributed by atoms with E-state index in [1.165, 1.54) is 0 Å². The van der Waals surface area contributed by atoms with Crippen molar-refractivity contribution in [1.29, 1.82) is 0 Å². The summed E-state index contributed by atoms with van der Waals surface area (Å²) >= 11 is 6.97. The van der Waals surface area contributed by atoms with Crippen LogP contribution in [0.25, 0.3) is 6.08 Å². The van der Waals surface area contributed by atoms with Gasteiger partial charge in [-0.2, -0.15) is 0 Å². The average Bonchev–Trinajstić information content (AvgIpc) is 3.00. The van der Waals surface area contributed by atoms with Gasteiger partial charge in [-0.3, -0.25) is 19.3 Å². The molecular weight excluding hydrogens is 478 g/mol. The lowest BCUT2D eigenvalue weighted by atomic mass is 10.1. The minimum atomic E-state index is -0.708. The first-order valence-corrected chi connectivity index (χ1v) is 11.9. The Balaban J connectivity index is 1.75. The summed E-state index contributed by atoms with van der Waals surface area (Å²) in [5, 5.41) is 0.0889. The Kier molecular flexibility index (Phi) is 8.28. The van der Waals surface area contributed by atoms with Crippen molar-refractivity contribution in [2.45, 2.75) is 39.9 Å². The van der Waals surface area contributed by atoms with E-state index < -0.39 is 29.3 Å². The zero-order valence-corrected chi connectivity index (χ0v) is 21.0. The molecule has 7 nitrogen and oxygen atoms in total. The van der Waals surface area contributed by atoms with Gasteiger partial charge in [-0.05, 0) is 69.3 Å². The summed E-state index contributed by atoms with van der Waals surface area (Å²) in [5.41, 5.74) is 0.783. The first-order chi connectivity index (χ1) is 16.1. The van der Waals surface area contributed by atoms with Gasteiger partial charge in [0, 0.05) is 10.6 Å². The number of halogens is 1. The fourth-order valence-corrected chi connectivity index (χ4v) is 4.09. The Morgan fingerprint density at radius 2 is 1.82 bits per heavy atom. The van der Waals surface area contributed by atoms with Crippen LogP contribution in [0.2, 0.25) is 5.02 Å². The standard InChI is InChI=1S/C25H26ClNO6S/c1-5-31-20-12-16(10-11-19(20)32-15-17-8-6-7-9-18(17)26)13-21-23(29)27(24(30)34-21)14-22(28)33-25(2,3)4/h6-13H,5,14-15H2,1-4H3. The number of carbonyl (C=O) groups excluding carboxylic acids is 3. The SMILES string of the molecule is CCOc1cc(C=C2SC(=O)N(CC(=O)OC(C)(C)C)C2=O)ccc1OCc1ccccc1Cl. The minimum Gasteiger partial charge on any atom is -0.490 e. The van der Waals surface area contributed by atoms with Crippen LogP contribution in [0.4, 0.5) is 4.79 Å². The van der Waals surface area contributed by atoms with Gasteiger partial charge in [0.1, 0.15) is 18.8 Å². The number of hydrogen-bond acceptors (Lipinski definition) is 7. The maximum atomic E-state index is 12.7. The number of hydrogen-bond donors (Lipinski definition) is 0. The summed E-state index contributed by atoms with van der Waals surface area (Å²) in [6, 6.07) is 12.6. The third-order valence-electron chi connectivity index (χ3n) is 4.49. The molecule has 0 saturated carbocycles. The quantitative estimate of drug-likeness (QED) is 0.337. The van der Waals surface area contributed by atoms with E-state index in [0.29, 0.717) is 28.7 Å². The van der Waals surface area contributed by atoms with Crippen LogP contribution in [-0.2, 0) is 20.9 Å². The van der Waals surface area contributed by atoms with Gasteiger partial charge in [-0.25, -0.2) is 0 Å². The van der Waals surface area contributed by atoms with Crippen molar-refractivity contribution in [3.63, 3.8) is 0 Å². The van der Waals surface area contributed by atoms with Crippen molar-refractivity contribution in [3.05, 3.63) is 63.5 Å². The predicted molar refractivity (Wildman–Crippen MR) is 132 cm³/mol. The van der Waals surface area contributed by atoms with Crippen LogP contribution >= 0.6 is 23.4 Å². The fourth-order valence-electron chi connectivity index (χ4n) is 3.06. The molecular formula is C25H26ClNO6S. The lowest BCUT2D eigenvalue weighted by molar-refractivity contribution is -0.156. The van der Waals surface area contributed by atoms with E-state index in [1.54, 1.807) is 51.1 Å². The number of imide groups is 1. The number of esters is 1. The largest absolute Gasteiger partial charge is 0.490 e.